The number of fused-ring (bicyclic) bond motifs is 1. The third kappa shape index (κ3) is 3.89. The van der Waals surface area contributed by atoms with Crippen LogP contribution in [-0.2, 0) is 0 Å². The van der Waals surface area contributed by atoms with E-state index in [-0.39, 0.29) is 22.7 Å². The first kappa shape index (κ1) is 17.2. The lowest BCUT2D eigenvalue weighted by Gasteiger charge is -2.19. The summed E-state index contributed by atoms with van der Waals surface area (Å²) in [5.74, 6) is 0.757. The number of benzene rings is 1. The third-order valence-corrected chi connectivity index (χ3v) is 4.73. The minimum atomic E-state index is -0.315. The van der Waals surface area contributed by atoms with Crippen molar-refractivity contribution in [3.05, 3.63) is 46.2 Å². The molecule has 6 nitrogen and oxygen atoms in total. The van der Waals surface area contributed by atoms with E-state index in [2.05, 4.69) is 21.8 Å². The number of aliphatic hydroxyl groups excluding tert-OH is 1. The summed E-state index contributed by atoms with van der Waals surface area (Å²) >= 11 is 0. The van der Waals surface area contributed by atoms with Crippen LogP contribution in [0.15, 0.2) is 34.8 Å². The number of rotatable bonds is 3. The van der Waals surface area contributed by atoms with Crippen LogP contribution in [0.4, 0.5) is 0 Å². The SMILES string of the molecule is CC1CCCN(CC(O)=C(C#N)c2nc3ccccc3c(=O)[nH]2)CC1. The summed E-state index contributed by atoms with van der Waals surface area (Å²) in [6.45, 7) is 4.33. The standard InChI is InChI=1S/C19H22N4O2/c1-13-5-4-9-23(10-8-13)12-17(24)15(11-20)18-21-16-7-3-2-6-14(16)19(25)22-18/h2-3,6-7,13,24H,4-5,8-10,12H2,1H3,(H,21,22,25). The minimum Gasteiger partial charge on any atom is -0.509 e. The molecule has 1 atom stereocenters. The Bertz CT molecular complexity index is 894. The van der Waals surface area contributed by atoms with Gasteiger partial charge in [0.15, 0.2) is 5.82 Å². The van der Waals surface area contributed by atoms with Gasteiger partial charge in [-0.1, -0.05) is 19.1 Å². The molecule has 0 amide bonds. The van der Waals surface area contributed by atoms with Crippen molar-refractivity contribution in [3.8, 4) is 6.07 Å². The van der Waals surface area contributed by atoms with E-state index in [0.29, 0.717) is 23.4 Å². The molecule has 1 aromatic carbocycles. The maximum atomic E-state index is 12.2. The molecule has 0 aliphatic carbocycles. The molecule has 25 heavy (non-hydrogen) atoms. The highest BCUT2D eigenvalue weighted by Gasteiger charge is 2.18. The second-order valence-corrected chi connectivity index (χ2v) is 6.68. The van der Waals surface area contributed by atoms with E-state index in [1.807, 2.05) is 6.07 Å². The molecular weight excluding hydrogens is 316 g/mol. The van der Waals surface area contributed by atoms with Crippen LogP contribution in [0, 0.1) is 17.2 Å². The highest BCUT2D eigenvalue weighted by molar-refractivity contribution is 5.81. The lowest BCUT2D eigenvalue weighted by atomic mass is 10.0. The lowest BCUT2D eigenvalue weighted by Crippen LogP contribution is -2.27. The van der Waals surface area contributed by atoms with Gasteiger partial charge in [0.1, 0.15) is 17.4 Å². The van der Waals surface area contributed by atoms with Crippen LogP contribution in [0.1, 0.15) is 32.0 Å². The Hall–Kier alpha value is -2.65. The maximum absolute atomic E-state index is 12.2. The molecule has 1 aliphatic rings. The highest BCUT2D eigenvalue weighted by Crippen LogP contribution is 2.19. The van der Waals surface area contributed by atoms with E-state index in [0.717, 1.165) is 25.9 Å². The third-order valence-electron chi connectivity index (χ3n) is 4.73. The van der Waals surface area contributed by atoms with Gasteiger partial charge in [0, 0.05) is 0 Å². The first-order valence-electron chi connectivity index (χ1n) is 8.62. The average Bonchev–Trinajstić information content (AvgIpc) is 2.80. The zero-order valence-corrected chi connectivity index (χ0v) is 14.3. The molecule has 0 spiro atoms. The molecule has 0 bridgehead atoms. The highest BCUT2D eigenvalue weighted by atomic mass is 16.3. The van der Waals surface area contributed by atoms with Crippen LogP contribution in [-0.4, -0.2) is 39.6 Å². The smallest absolute Gasteiger partial charge is 0.259 e. The topological polar surface area (TPSA) is 93.0 Å². The second-order valence-electron chi connectivity index (χ2n) is 6.68. The fourth-order valence-corrected chi connectivity index (χ4v) is 3.23. The quantitative estimate of drug-likeness (QED) is 0.663. The molecule has 0 radical (unpaired) electrons. The molecule has 130 valence electrons. The number of hydrogen-bond donors (Lipinski definition) is 2. The average molecular weight is 338 g/mol. The number of H-pyrrole nitrogens is 1. The number of likely N-dealkylation sites (tertiary alicyclic amines) is 1. The van der Waals surface area contributed by atoms with Gasteiger partial charge in [-0.15, -0.1) is 0 Å². The first-order chi connectivity index (χ1) is 12.1. The predicted molar refractivity (Wildman–Crippen MR) is 97.0 cm³/mol. The van der Waals surface area contributed by atoms with Crippen LogP contribution in [0.5, 0.6) is 0 Å². The fourth-order valence-electron chi connectivity index (χ4n) is 3.23. The minimum absolute atomic E-state index is 0.0279. The second kappa shape index (κ2) is 7.49. The Balaban J connectivity index is 1.91. The van der Waals surface area contributed by atoms with Crippen molar-refractivity contribution in [1.82, 2.24) is 14.9 Å². The van der Waals surface area contributed by atoms with E-state index in [4.69, 9.17) is 0 Å². The molecule has 2 heterocycles. The summed E-state index contributed by atoms with van der Waals surface area (Å²) < 4.78 is 0. The summed E-state index contributed by atoms with van der Waals surface area (Å²) in [6, 6.07) is 8.94. The van der Waals surface area contributed by atoms with Crippen molar-refractivity contribution in [2.75, 3.05) is 19.6 Å². The van der Waals surface area contributed by atoms with Gasteiger partial charge >= 0.3 is 0 Å². The number of allylic oxidation sites excluding steroid dienone is 1. The van der Waals surface area contributed by atoms with E-state index in [1.54, 1.807) is 24.3 Å². The molecule has 2 N–H and O–H groups in total. The number of aromatic amines is 1. The molecular formula is C19H22N4O2. The molecule has 1 aliphatic heterocycles. The van der Waals surface area contributed by atoms with Crippen LogP contribution in [0.3, 0.4) is 0 Å². The Morgan fingerprint density at radius 1 is 1.40 bits per heavy atom. The van der Waals surface area contributed by atoms with Gasteiger partial charge in [0.25, 0.3) is 5.56 Å². The van der Waals surface area contributed by atoms with Crippen LogP contribution in [0.25, 0.3) is 16.5 Å². The summed E-state index contributed by atoms with van der Waals surface area (Å²) in [5.41, 5.74) is 0.218. The van der Waals surface area contributed by atoms with Crippen molar-refractivity contribution >= 4 is 16.5 Å². The number of hydrogen-bond acceptors (Lipinski definition) is 5. The molecule has 1 unspecified atom stereocenters. The number of para-hydroxylation sites is 1. The van der Waals surface area contributed by atoms with E-state index >= 15 is 0 Å². The van der Waals surface area contributed by atoms with Crippen molar-refractivity contribution in [1.29, 1.82) is 5.26 Å². The first-order valence-corrected chi connectivity index (χ1v) is 8.62. The van der Waals surface area contributed by atoms with E-state index < -0.39 is 0 Å². The Morgan fingerprint density at radius 2 is 2.20 bits per heavy atom. The summed E-state index contributed by atoms with van der Waals surface area (Å²) in [5, 5.41) is 20.4. The van der Waals surface area contributed by atoms with Crippen molar-refractivity contribution in [2.45, 2.75) is 26.2 Å². The molecule has 6 heteroatoms. The maximum Gasteiger partial charge on any atom is 0.259 e. The largest absolute Gasteiger partial charge is 0.509 e. The Labute approximate surface area is 146 Å². The molecule has 2 aromatic rings. The van der Waals surface area contributed by atoms with Crippen molar-refractivity contribution in [2.24, 2.45) is 5.92 Å². The summed E-state index contributed by atoms with van der Waals surface area (Å²) in [6.07, 6.45) is 3.35. The number of aromatic nitrogens is 2. The number of nitriles is 1. The van der Waals surface area contributed by atoms with Gasteiger partial charge in [-0.3, -0.25) is 9.69 Å². The number of nitrogens with zero attached hydrogens (tertiary/aromatic N) is 3. The van der Waals surface area contributed by atoms with Crippen molar-refractivity contribution in [3.63, 3.8) is 0 Å². The summed E-state index contributed by atoms with van der Waals surface area (Å²) in [4.78, 5) is 21.3. The van der Waals surface area contributed by atoms with Crippen LogP contribution >= 0.6 is 0 Å². The molecule has 1 fully saturated rings. The zero-order chi connectivity index (χ0) is 17.8. The monoisotopic (exact) mass is 338 g/mol. The van der Waals surface area contributed by atoms with Gasteiger partial charge in [-0.25, -0.2) is 4.98 Å². The Kier molecular flexibility index (Phi) is 5.15. The number of nitrogens with one attached hydrogen (secondary N) is 1. The van der Waals surface area contributed by atoms with Gasteiger partial charge in [-0.05, 0) is 50.4 Å². The van der Waals surface area contributed by atoms with Gasteiger partial charge < -0.3 is 10.1 Å². The van der Waals surface area contributed by atoms with E-state index in [9.17, 15) is 15.2 Å². The lowest BCUT2D eigenvalue weighted by molar-refractivity contribution is 0.256. The summed E-state index contributed by atoms with van der Waals surface area (Å²) in [7, 11) is 0. The molecule has 1 saturated heterocycles. The molecule has 3 rings (SSSR count). The predicted octanol–water partition coefficient (Wildman–Crippen LogP) is 2.84. The normalized spacial score (nSPS) is 19.9. The van der Waals surface area contributed by atoms with Gasteiger partial charge in [-0.2, -0.15) is 5.26 Å². The van der Waals surface area contributed by atoms with Gasteiger partial charge in [0.05, 0.1) is 17.4 Å². The zero-order valence-electron chi connectivity index (χ0n) is 14.3. The molecule has 1 aromatic heterocycles. The van der Waals surface area contributed by atoms with Crippen LogP contribution in [0.2, 0.25) is 0 Å². The Morgan fingerprint density at radius 3 is 3.00 bits per heavy atom. The number of aliphatic hydroxyl groups is 1. The van der Waals surface area contributed by atoms with Crippen molar-refractivity contribution < 1.29 is 5.11 Å². The van der Waals surface area contributed by atoms with Gasteiger partial charge in [0.2, 0.25) is 0 Å². The van der Waals surface area contributed by atoms with E-state index in [1.165, 1.54) is 6.42 Å². The molecule has 0 saturated carbocycles. The fraction of sp³-hybridized carbons (Fsp3) is 0.421. The van der Waals surface area contributed by atoms with Crippen LogP contribution < -0.4 is 5.56 Å².